The average molecular weight is 330 g/mol. The first kappa shape index (κ1) is 15.6. The number of nitrogens with zero attached hydrogens (tertiary/aromatic N) is 3. The zero-order valence-corrected chi connectivity index (χ0v) is 12.3. The summed E-state index contributed by atoms with van der Waals surface area (Å²) in [6, 6.07) is 7.19. The van der Waals surface area contributed by atoms with Crippen LogP contribution in [0.3, 0.4) is 0 Å². The van der Waals surface area contributed by atoms with Crippen LogP contribution >= 0.6 is 23.1 Å². The molecule has 1 unspecified atom stereocenters. The summed E-state index contributed by atoms with van der Waals surface area (Å²) in [5, 5.41) is 18.9. The van der Waals surface area contributed by atoms with Crippen molar-refractivity contribution < 1.29 is 13.2 Å². The molecule has 0 spiro atoms. The Hall–Kier alpha value is -1.79. The van der Waals surface area contributed by atoms with Crippen LogP contribution in [0.15, 0.2) is 28.6 Å². The summed E-state index contributed by atoms with van der Waals surface area (Å²) >= 11 is 2.31. The van der Waals surface area contributed by atoms with E-state index in [1.165, 1.54) is 30.0 Å². The molecule has 1 atom stereocenters. The van der Waals surface area contributed by atoms with Gasteiger partial charge in [0.25, 0.3) is 0 Å². The van der Waals surface area contributed by atoms with Crippen LogP contribution in [0.4, 0.5) is 24.0 Å². The third-order valence-corrected chi connectivity index (χ3v) is 4.25. The van der Waals surface area contributed by atoms with Crippen LogP contribution in [0.2, 0.25) is 0 Å². The highest BCUT2D eigenvalue weighted by Gasteiger charge is 2.33. The SMILES string of the molecule is CC(C#N)Sc1nnc(Nc2ccccc2C(F)(F)F)s1. The second kappa shape index (κ2) is 6.32. The van der Waals surface area contributed by atoms with Crippen molar-refractivity contribution in [3.8, 4) is 6.07 Å². The molecule has 1 aromatic heterocycles. The molecule has 1 N–H and O–H groups in total. The van der Waals surface area contributed by atoms with E-state index in [9.17, 15) is 13.2 Å². The lowest BCUT2D eigenvalue weighted by Crippen LogP contribution is -2.08. The van der Waals surface area contributed by atoms with Gasteiger partial charge in [0.2, 0.25) is 5.13 Å². The monoisotopic (exact) mass is 330 g/mol. The van der Waals surface area contributed by atoms with Crippen molar-refractivity contribution in [2.24, 2.45) is 0 Å². The van der Waals surface area contributed by atoms with Gasteiger partial charge in [-0.2, -0.15) is 18.4 Å². The Morgan fingerprint density at radius 3 is 2.71 bits per heavy atom. The number of anilines is 2. The number of rotatable bonds is 4. The van der Waals surface area contributed by atoms with Gasteiger partial charge >= 0.3 is 6.18 Å². The van der Waals surface area contributed by atoms with Gasteiger partial charge in [-0.3, -0.25) is 0 Å². The number of aromatic nitrogens is 2. The fourth-order valence-corrected chi connectivity index (χ4v) is 3.24. The lowest BCUT2D eigenvalue weighted by atomic mass is 10.2. The minimum atomic E-state index is -4.44. The van der Waals surface area contributed by atoms with Gasteiger partial charge in [0, 0.05) is 0 Å². The number of hydrogen-bond donors (Lipinski definition) is 1. The van der Waals surface area contributed by atoms with Crippen LogP contribution in [0.5, 0.6) is 0 Å². The van der Waals surface area contributed by atoms with E-state index in [4.69, 9.17) is 5.26 Å². The van der Waals surface area contributed by atoms with Gasteiger partial charge in [0.05, 0.1) is 22.6 Å². The third kappa shape index (κ3) is 4.09. The zero-order valence-electron chi connectivity index (χ0n) is 10.7. The predicted molar refractivity (Wildman–Crippen MR) is 75.6 cm³/mol. The number of thioether (sulfide) groups is 1. The molecule has 0 saturated heterocycles. The van der Waals surface area contributed by atoms with E-state index in [2.05, 4.69) is 15.5 Å². The number of halogens is 3. The molecule has 2 rings (SSSR count). The topological polar surface area (TPSA) is 61.6 Å². The highest BCUT2D eigenvalue weighted by molar-refractivity contribution is 8.01. The van der Waals surface area contributed by atoms with Crippen LogP contribution in [-0.2, 0) is 6.18 Å². The van der Waals surface area contributed by atoms with Gasteiger partial charge in [0.15, 0.2) is 4.34 Å². The number of benzene rings is 1. The van der Waals surface area contributed by atoms with Crippen molar-refractivity contribution in [1.82, 2.24) is 10.2 Å². The van der Waals surface area contributed by atoms with E-state index >= 15 is 0 Å². The second-order valence-electron chi connectivity index (χ2n) is 3.93. The quantitative estimate of drug-likeness (QED) is 0.847. The Morgan fingerprint density at radius 2 is 2.05 bits per heavy atom. The van der Waals surface area contributed by atoms with Gasteiger partial charge < -0.3 is 5.32 Å². The molecule has 9 heteroatoms. The summed E-state index contributed by atoms with van der Waals surface area (Å²) in [6.45, 7) is 1.71. The van der Waals surface area contributed by atoms with Crippen LogP contribution in [0.1, 0.15) is 12.5 Å². The molecule has 21 heavy (non-hydrogen) atoms. The molecule has 0 aliphatic carbocycles. The minimum absolute atomic E-state index is 0.0777. The molecular formula is C12H9F3N4S2. The van der Waals surface area contributed by atoms with Gasteiger partial charge in [-0.25, -0.2) is 0 Å². The first-order chi connectivity index (χ1) is 9.90. The van der Waals surface area contributed by atoms with Gasteiger partial charge in [0.1, 0.15) is 0 Å². The van der Waals surface area contributed by atoms with E-state index in [1.807, 2.05) is 6.07 Å². The highest BCUT2D eigenvalue weighted by atomic mass is 32.2. The Labute approximate surface area is 127 Å². The normalized spacial score (nSPS) is 12.7. The van der Waals surface area contributed by atoms with Gasteiger partial charge in [-0.1, -0.05) is 35.2 Å². The first-order valence-electron chi connectivity index (χ1n) is 5.73. The van der Waals surface area contributed by atoms with Crippen molar-refractivity contribution in [2.45, 2.75) is 22.7 Å². The lowest BCUT2D eigenvalue weighted by molar-refractivity contribution is -0.136. The minimum Gasteiger partial charge on any atom is -0.330 e. The molecule has 1 heterocycles. The molecule has 0 aliphatic heterocycles. The molecule has 2 aromatic rings. The van der Waals surface area contributed by atoms with Crippen LogP contribution < -0.4 is 5.32 Å². The number of hydrogen-bond acceptors (Lipinski definition) is 6. The van der Waals surface area contributed by atoms with Crippen LogP contribution in [0.25, 0.3) is 0 Å². The van der Waals surface area contributed by atoms with E-state index in [-0.39, 0.29) is 16.1 Å². The number of alkyl halides is 3. The molecule has 110 valence electrons. The van der Waals surface area contributed by atoms with E-state index < -0.39 is 11.7 Å². The highest BCUT2D eigenvalue weighted by Crippen LogP contribution is 2.37. The standard InChI is InChI=1S/C12H9F3N4S2/c1-7(6-16)20-11-19-18-10(21-11)17-9-5-3-2-4-8(9)12(13,14)15/h2-5,7H,1H3,(H,17,18). The molecule has 0 amide bonds. The smallest absolute Gasteiger partial charge is 0.330 e. The maximum Gasteiger partial charge on any atom is 0.418 e. The zero-order chi connectivity index (χ0) is 15.5. The third-order valence-electron chi connectivity index (χ3n) is 2.34. The summed E-state index contributed by atoms with van der Waals surface area (Å²) in [6.07, 6.45) is -4.44. The summed E-state index contributed by atoms with van der Waals surface area (Å²) in [4.78, 5) is 0. The van der Waals surface area contributed by atoms with Crippen molar-refractivity contribution in [1.29, 1.82) is 5.26 Å². The number of nitrogens with one attached hydrogen (secondary N) is 1. The van der Waals surface area contributed by atoms with Crippen LogP contribution in [-0.4, -0.2) is 15.4 Å². The Balaban J connectivity index is 2.18. The van der Waals surface area contributed by atoms with Crippen molar-refractivity contribution in [3.63, 3.8) is 0 Å². The largest absolute Gasteiger partial charge is 0.418 e. The summed E-state index contributed by atoms with van der Waals surface area (Å²) in [7, 11) is 0. The Bertz CT molecular complexity index is 663. The number of nitriles is 1. The molecular weight excluding hydrogens is 321 g/mol. The first-order valence-corrected chi connectivity index (χ1v) is 7.43. The summed E-state index contributed by atoms with van der Waals surface area (Å²) < 4.78 is 39.1. The number of para-hydroxylation sites is 1. The maximum atomic E-state index is 12.9. The summed E-state index contributed by atoms with van der Waals surface area (Å²) in [5.41, 5.74) is -0.842. The molecule has 0 aliphatic rings. The molecule has 0 fully saturated rings. The average Bonchev–Trinajstić information content (AvgIpc) is 2.85. The predicted octanol–water partition coefficient (Wildman–Crippen LogP) is 4.30. The van der Waals surface area contributed by atoms with Gasteiger partial charge in [-0.15, -0.1) is 10.2 Å². The Morgan fingerprint density at radius 1 is 1.33 bits per heavy atom. The lowest BCUT2D eigenvalue weighted by Gasteiger charge is -2.12. The molecule has 1 aromatic carbocycles. The van der Waals surface area contributed by atoms with Gasteiger partial charge in [-0.05, 0) is 19.1 Å². The van der Waals surface area contributed by atoms with Crippen molar-refractivity contribution in [2.75, 3.05) is 5.32 Å². The maximum absolute atomic E-state index is 12.9. The van der Waals surface area contributed by atoms with E-state index in [0.717, 1.165) is 17.4 Å². The fraction of sp³-hybridized carbons (Fsp3) is 0.250. The summed E-state index contributed by atoms with van der Waals surface area (Å²) in [5.74, 6) is 0. The van der Waals surface area contributed by atoms with E-state index in [1.54, 1.807) is 6.92 Å². The molecule has 4 nitrogen and oxygen atoms in total. The van der Waals surface area contributed by atoms with Crippen molar-refractivity contribution in [3.05, 3.63) is 29.8 Å². The van der Waals surface area contributed by atoms with Crippen molar-refractivity contribution >= 4 is 33.9 Å². The second-order valence-corrected chi connectivity index (χ2v) is 6.50. The van der Waals surface area contributed by atoms with Crippen LogP contribution in [0, 0.1) is 11.3 Å². The van der Waals surface area contributed by atoms with E-state index in [0.29, 0.717) is 4.34 Å². The Kier molecular flexibility index (Phi) is 4.69. The molecule has 0 saturated carbocycles. The fourth-order valence-electron chi connectivity index (χ4n) is 1.44. The molecule has 0 bridgehead atoms. The molecule has 0 radical (unpaired) electrons.